The smallest absolute Gasteiger partial charge is 0.0582 e. The largest absolute Gasteiger partial charge is 0.395 e. The van der Waals surface area contributed by atoms with Crippen molar-refractivity contribution in [2.45, 2.75) is 19.9 Å². The van der Waals surface area contributed by atoms with Gasteiger partial charge in [-0.3, -0.25) is 0 Å². The highest BCUT2D eigenvalue weighted by Crippen LogP contribution is 1.76. The third-order valence-corrected chi connectivity index (χ3v) is 1.09. The van der Waals surface area contributed by atoms with Crippen LogP contribution in [0, 0.1) is 0 Å². The first-order chi connectivity index (χ1) is 4.31. The lowest BCUT2D eigenvalue weighted by Crippen LogP contribution is -2.29. The molecule has 54 valence electrons. The van der Waals surface area contributed by atoms with Crippen LogP contribution >= 0.6 is 0 Å². The van der Waals surface area contributed by atoms with Crippen molar-refractivity contribution in [1.82, 2.24) is 5.32 Å². The van der Waals surface area contributed by atoms with Crippen molar-refractivity contribution in [2.75, 3.05) is 13.2 Å². The van der Waals surface area contributed by atoms with Crippen molar-refractivity contribution in [3.63, 3.8) is 0 Å². The lowest BCUT2D eigenvalue weighted by Gasteiger charge is -2.06. The zero-order valence-electron chi connectivity index (χ0n) is 6.09. The molecule has 0 amide bonds. The van der Waals surface area contributed by atoms with E-state index in [0.717, 1.165) is 6.54 Å². The molecular weight excluding hydrogens is 114 g/mol. The molecule has 2 nitrogen and oxygen atoms in total. The van der Waals surface area contributed by atoms with E-state index in [2.05, 4.69) is 5.32 Å². The van der Waals surface area contributed by atoms with Gasteiger partial charge in [-0.15, -0.1) is 0 Å². The van der Waals surface area contributed by atoms with E-state index in [1.807, 2.05) is 26.0 Å². The maximum Gasteiger partial charge on any atom is 0.0582 e. The average Bonchev–Trinajstić information content (AvgIpc) is 1.89. The molecule has 0 fully saturated rings. The first kappa shape index (κ1) is 8.66. The van der Waals surface area contributed by atoms with E-state index in [9.17, 15) is 0 Å². The summed E-state index contributed by atoms with van der Waals surface area (Å²) in [7, 11) is 0. The van der Waals surface area contributed by atoms with Gasteiger partial charge in [0, 0.05) is 12.6 Å². The Morgan fingerprint density at radius 2 is 2.33 bits per heavy atom. The van der Waals surface area contributed by atoms with Crippen LogP contribution in [-0.2, 0) is 0 Å². The van der Waals surface area contributed by atoms with Gasteiger partial charge in [0.25, 0.3) is 0 Å². The van der Waals surface area contributed by atoms with Gasteiger partial charge in [0.15, 0.2) is 0 Å². The highest BCUT2D eigenvalue weighted by atomic mass is 16.3. The molecule has 0 saturated carbocycles. The summed E-state index contributed by atoms with van der Waals surface area (Å²) in [6.45, 7) is 4.98. The standard InChI is InChI=1S/C7H15NO/c1-3-4-5-8-7(2)6-9/h3-4,7-9H,5-6H2,1-2H3/b4-3+. The van der Waals surface area contributed by atoms with Crippen LogP contribution in [0.1, 0.15) is 13.8 Å². The molecule has 0 aromatic rings. The number of allylic oxidation sites excluding steroid dienone is 1. The van der Waals surface area contributed by atoms with Crippen LogP contribution in [0.3, 0.4) is 0 Å². The van der Waals surface area contributed by atoms with E-state index in [-0.39, 0.29) is 12.6 Å². The molecule has 0 aromatic carbocycles. The summed E-state index contributed by atoms with van der Waals surface area (Å²) in [5.74, 6) is 0. The number of rotatable bonds is 4. The maximum atomic E-state index is 8.55. The molecule has 0 radical (unpaired) electrons. The molecule has 0 rings (SSSR count). The van der Waals surface area contributed by atoms with Crippen LogP contribution in [-0.4, -0.2) is 24.3 Å². The van der Waals surface area contributed by atoms with Crippen molar-refractivity contribution >= 4 is 0 Å². The van der Waals surface area contributed by atoms with Crippen molar-refractivity contribution in [2.24, 2.45) is 0 Å². The normalized spacial score (nSPS) is 14.6. The topological polar surface area (TPSA) is 32.3 Å². The molecule has 2 heteroatoms. The van der Waals surface area contributed by atoms with Gasteiger partial charge < -0.3 is 10.4 Å². The zero-order chi connectivity index (χ0) is 7.11. The van der Waals surface area contributed by atoms with Crippen LogP contribution in [0.25, 0.3) is 0 Å². The predicted molar refractivity (Wildman–Crippen MR) is 39.4 cm³/mol. The highest BCUT2D eigenvalue weighted by molar-refractivity contribution is 4.80. The van der Waals surface area contributed by atoms with Crippen LogP contribution in [0.2, 0.25) is 0 Å². The fourth-order valence-corrected chi connectivity index (χ4v) is 0.452. The SMILES string of the molecule is C/C=C/CNC(C)CO. The number of aliphatic hydroxyl groups excluding tert-OH is 1. The molecular formula is C7H15NO. The number of hydrogen-bond donors (Lipinski definition) is 2. The maximum absolute atomic E-state index is 8.55. The second-order valence-electron chi connectivity index (χ2n) is 2.06. The first-order valence-electron chi connectivity index (χ1n) is 3.26. The fraction of sp³-hybridized carbons (Fsp3) is 0.714. The minimum atomic E-state index is 0.206. The number of hydrogen-bond acceptors (Lipinski definition) is 2. The average molecular weight is 129 g/mol. The van der Waals surface area contributed by atoms with Gasteiger partial charge in [-0.1, -0.05) is 12.2 Å². The van der Waals surface area contributed by atoms with Gasteiger partial charge in [0.05, 0.1) is 6.61 Å². The Balaban J connectivity index is 3.06. The van der Waals surface area contributed by atoms with Gasteiger partial charge in [0.2, 0.25) is 0 Å². The van der Waals surface area contributed by atoms with Crippen molar-refractivity contribution in [3.8, 4) is 0 Å². The van der Waals surface area contributed by atoms with Gasteiger partial charge in [-0.25, -0.2) is 0 Å². The van der Waals surface area contributed by atoms with E-state index in [1.165, 1.54) is 0 Å². The molecule has 0 bridgehead atoms. The molecule has 0 saturated heterocycles. The molecule has 0 heterocycles. The summed E-state index contributed by atoms with van der Waals surface area (Å²) in [6.07, 6.45) is 4.00. The van der Waals surface area contributed by atoms with Crippen LogP contribution in [0.15, 0.2) is 12.2 Å². The van der Waals surface area contributed by atoms with Crippen molar-refractivity contribution in [1.29, 1.82) is 0 Å². The molecule has 0 aliphatic carbocycles. The lowest BCUT2D eigenvalue weighted by molar-refractivity contribution is 0.255. The molecule has 2 N–H and O–H groups in total. The Hall–Kier alpha value is -0.340. The van der Waals surface area contributed by atoms with Crippen molar-refractivity contribution < 1.29 is 5.11 Å². The molecule has 1 atom stereocenters. The van der Waals surface area contributed by atoms with Gasteiger partial charge >= 0.3 is 0 Å². The summed E-state index contributed by atoms with van der Waals surface area (Å²) in [4.78, 5) is 0. The fourth-order valence-electron chi connectivity index (χ4n) is 0.452. The van der Waals surface area contributed by atoms with Crippen molar-refractivity contribution in [3.05, 3.63) is 12.2 Å². The Morgan fingerprint density at radius 3 is 2.78 bits per heavy atom. The second kappa shape index (κ2) is 5.79. The molecule has 0 aliphatic heterocycles. The van der Waals surface area contributed by atoms with E-state index >= 15 is 0 Å². The lowest BCUT2D eigenvalue weighted by atomic mass is 10.3. The third-order valence-electron chi connectivity index (χ3n) is 1.09. The van der Waals surface area contributed by atoms with E-state index < -0.39 is 0 Å². The summed E-state index contributed by atoms with van der Waals surface area (Å²) in [5, 5.41) is 11.6. The quantitative estimate of drug-likeness (QED) is 0.543. The Morgan fingerprint density at radius 1 is 1.67 bits per heavy atom. The van der Waals surface area contributed by atoms with Crippen LogP contribution in [0.4, 0.5) is 0 Å². The van der Waals surface area contributed by atoms with Gasteiger partial charge in [-0.2, -0.15) is 0 Å². The minimum absolute atomic E-state index is 0.206. The Bertz CT molecular complexity index is 81.0. The molecule has 0 aliphatic rings. The van der Waals surface area contributed by atoms with E-state index in [1.54, 1.807) is 0 Å². The van der Waals surface area contributed by atoms with Crippen LogP contribution < -0.4 is 5.32 Å². The molecule has 1 unspecified atom stereocenters. The summed E-state index contributed by atoms with van der Waals surface area (Å²) < 4.78 is 0. The Labute approximate surface area is 56.6 Å². The molecule has 9 heavy (non-hydrogen) atoms. The first-order valence-corrected chi connectivity index (χ1v) is 3.26. The van der Waals surface area contributed by atoms with E-state index in [4.69, 9.17) is 5.11 Å². The molecule has 0 aromatic heterocycles. The monoisotopic (exact) mass is 129 g/mol. The third kappa shape index (κ3) is 5.53. The zero-order valence-corrected chi connectivity index (χ0v) is 6.09. The van der Waals surface area contributed by atoms with E-state index in [0.29, 0.717) is 0 Å². The summed E-state index contributed by atoms with van der Waals surface area (Å²) >= 11 is 0. The summed E-state index contributed by atoms with van der Waals surface area (Å²) in [6, 6.07) is 0.209. The Kier molecular flexibility index (Phi) is 5.57. The second-order valence-corrected chi connectivity index (χ2v) is 2.06. The van der Waals surface area contributed by atoms with Gasteiger partial charge in [0.1, 0.15) is 0 Å². The predicted octanol–water partition coefficient (Wildman–Crippen LogP) is 0.533. The molecule has 0 spiro atoms. The van der Waals surface area contributed by atoms with Gasteiger partial charge in [-0.05, 0) is 13.8 Å². The number of nitrogens with one attached hydrogen (secondary N) is 1. The van der Waals surface area contributed by atoms with Crippen LogP contribution in [0.5, 0.6) is 0 Å². The summed E-state index contributed by atoms with van der Waals surface area (Å²) in [5.41, 5.74) is 0. The number of aliphatic hydroxyl groups is 1. The minimum Gasteiger partial charge on any atom is -0.395 e. The highest BCUT2D eigenvalue weighted by Gasteiger charge is 1.92.